The van der Waals surface area contributed by atoms with Gasteiger partial charge in [-0.05, 0) is 33.6 Å². The van der Waals surface area contributed by atoms with Crippen molar-refractivity contribution in [2.45, 2.75) is 57.5 Å². The molecule has 0 aromatic carbocycles. The number of amides is 1. The number of likely N-dealkylation sites (tertiary alicyclic amines) is 1. The van der Waals surface area contributed by atoms with Gasteiger partial charge in [0, 0.05) is 32.2 Å². The average molecular weight is 285 g/mol. The molecule has 2 fully saturated rings. The van der Waals surface area contributed by atoms with Gasteiger partial charge in [-0.3, -0.25) is 4.90 Å². The van der Waals surface area contributed by atoms with Gasteiger partial charge in [0.15, 0.2) is 0 Å². The van der Waals surface area contributed by atoms with Crippen molar-refractivity contribution in [2.24, 2.45) is 5.73 Å². The number of fused-ring (bicyclic) bond motifs is 2. The van der Waals surface area contributed by atoms with E-state index in [1.807, 2.05) is 20.8 Å². The number of morpholine rings is 1. The molecule has 0 aromatic rings. The van der Waals surface area contributed by atoms with Crippen LogP contribution >= 0.6 is 0 Å². The van der Waals surface area contributed by atoms with E-state index in [1.165, 1.54) is 0 Å². The number of carbonyl (C=O) groups excluding carboxylic acids is 1. The molecule has 2 aliphatic heterocycles. The Balaban J connectivity index is 1.79. The molecule has 2 aliphatic rings. The highest BCUT2D eigenvalue weighted by Crippen LogP contribution is 2.27. The molecule has 6 heteroatoms. The zero-order chi connectivity index (χ0) is 14.8. The lowest BCUT2D eigenvalue weighted by atomic mass is 10.2. The van der Waals surface area contributed by atoms with Crippen molar-refractivity contribution in [2.75, 3.05) is 26.2 Å². The molecule has 3 atom stereocenters. The topological polar surface area (TPSA) is 76.8 Å². The molecule has 3 N–H and O–H groups in total. The van der Waals surface area contributed by atoms with E-state index >= 15 is 0 Å². The number of hydrogen-bond acceptors (Lipinski definition) is 5. The van der Waals surface area contributed by atoms with Crippen LogP contribution in [0.25, 0.3) is 0 Å². The molecule has 2 heterocycles. The van der Waals surface area contributed by atoms with Crippen LogP contribution < -0.4 is 11.1 Å². The van der Waals surface area contributed by atoms with E-state index in [0.29, 0.717) is 25.3 Å². The highest BCUT2D eigenvalue weighted by atomic mass is 16.6. The largest absolute Gasteiger partial charge is 0.444 e. The molecule has 3 unspecified atom stereocenters. The number of carbonyl (C=O) groups is 1. The third kappa shape index (κ3) is 4.33. The van der Waals surface area contributed by atoms with Crippen LogP contribution in [0.1, 0.15) is 33.6 Å². The van der Waals surface area contributed by atoms with E-state index in [0.717, 1.165) is 25.9 Å². The first kappa shape index (κ1) is 15.5. The summed E-state index contributed by atoms with van der Waals surface area (Å²) in [7, 11) is 0. The maximum atomic E-state index is 11.7. The van der Waals surface area contributed by atoms with Crippen LogP contribution in [0.4, 0.5) is 4.79 Å². The van der Waals surface area contributed by atoms with Crippen molar-refractivity contribution in [1.82, 2.24) is 10.2 Å². The third-order valence-electron chi connectivity index (χ3n) is 3.74. The van der Waals surface area contributed by atoms with Crippen LogP contribution in [0, 0.1) is 0 Å². The number of hydrogen-bond donors (Lipinski definition) is 2. The predicted octanol–water partition coefficient (Wildman–Crippen LogP) is 0.702. The van der Waals surface area contributed by atoms with Crippen molar-refractivity contribution in [3.05, 3.63) is 0 Å². The molecule has 1 amide bonds. The van der Waals surface area contributed by atoms with Gasteiger partial charge in [0.1, 0.15) is 5.60 Å². The lowest BCUT2D eigenvalue weighted by Crippen LogP contribution is -2.54. The van der Waals surface area contributed by atoms with Crippen molar-refractivity contribution in [1.29, 1.82) is 0 Å². The molecule has 2 rings (SSSR count). The van der Waals surface area contributed by atoms with Gasteiger partial charge in [0.2, 0.25) is 0 Å². The lowest BCUT2D eigenvalue weighted by molar-refractivity contribution is -0.0513. The first-order valence-corrected chi connectivity index (χ1v) is 7.44. The SMILES string of the molecule is CC(C)(C)OC(=O)NCC(CN)N1CC2CCC(C1)O2. The van der Waals surface area contributed by atoms with Gasteiger partial charge in [-0.2, -0.15) is 0 Å². The molecular formula is C14H27N3O3. The van der Waals surface area contributed by atoms with Crippen molar-refractivity contribution in [3.63, 3.8) is 0 Å². The molecule has 0 saturated carbocycles. The second-order valence-corrected chi connectivity index (χ2v) is 6.68. The van der Waals surface area contributed by atoms with Gasteiger partial charge in [0.05, 0.1) is 12.2 Å². The Kier molecular flexibility index (Phi) is 4.88. The summed E-state index contributed by atoms with van der Waals surface area (Å²) < 4.78 is 11.1. The predicted molar refractivity (Wildman–Crippen MR) is 76.5 cm³/mol. The van der Waals surface area contributed by atoms with Crippen molar-refractivity contribution < 1.29 is 14.3 Å². The quantitative estimate of drug-likeness (QED) is 0.795. The fourth-order valence-electron chi connectivity index (χ4n) is 2.82. The molecule has 2 bridgehead atoms. The van der Waals surface area contributed by atoms with Crippen LogP contribution in [-0.2, 0) is 9.47 Å². The fraction of sp³-hybridized carbons (Fsp3) is 0.929. The van der Waals surface area contributed by atoms with Gasteiger partial charge in [-0.25, -0.2) is 4.79 Å². The molecule has 6 nitrogen and oxygen atoms in total. The maximum absolute atomic E-state index is 11.7. The first-order valence-electron chi connectivity index (χ1n) is 7.44. The summed E-state index contributed by atoms with van der Waals surface area (Å²) in [6.45, 7) is 8.43. The fourth-order valence-corrected chi connectivity index (χ4v) is 2.82. The lowest BCUT2D eigenvalue weighted by Gasteiger charge is -2.37. The number of alkyl carbamates (subject to hydrolysis) is 1. The molecular weight excluding hydrogens is 258 g/mol. The third-order valence-corrected chi connectivity index (χ3v) is 3.74. The van der Waals surface area contributed by atoms with E-state index in [2.05, 4.69) is 10.2 Å². The van der Waals surface area contributed by atoms with Crippen LogP contribution in [0.2, 0.25) is 0 Å². The summed E-state index contributed by atoms with van der Waals surface area (Å²) in [6.07, 6.45) is 2.57. The van der Waals surface area contributed by atoms with Gasteiger partial charge in [-0.1, -0.05) is 0 Å². The number of nitrogens with one attached hydrogen (secondary N) is 1. The zero-order valence-corrected chi connectivity index (χ0v) is 12.7. The van der Waals surface area contributed by atoms with Gasteiger partial charge < -0.3 is 20.5 Å². The summed E-state index contributed by atoms with van der Waals surface area (Å²) in [5, 5.41) is 2.81. The van der Waals surface area contributed by atoms with Crippen LogP contribution in [0.3, 0.4) is 0 Å². The summed E-state index contributed by atoms with van der Waals surface area (Å²) in [4.78, 5) is 14.0. The van der Waals surface area contributed by atoms with E-state index in [4.69, 9.17) is 15.2 Å². The van der Waals surface area contributed by atoms with Gasteiger partial charge in [-0.15, -0.1) is 0 Å². The highest BCUT2D eigenvalue weighted by Gasteiger charge is 2.36. The smallest absolute Gasteiger partial charge is 0.407 e. The Morgan fingerprint density at radius 1 is 1.40 bits per heavy atom. The highest BCUT2D eigenvalue weighted by molar-refractivity contribution is 5.67. The normalized spacial score (nSPS) is 28.2. The molecule has 0 spiro atoms. The van der Waals surface area contributed by atoms with Crippen LogP contribution in [0.5, 0.6) is 0 Å². The van der Waals surface area contributed by atoms with E-state index in [9.17, 15) is 4.79 Å². The second-order valence-electron chi connectivity index (χ2n) is 6.68. The minimum absolute atomic E-state index is 0.148. The zero-order valence-electron chi connectivity index (χ0n) is 12.7. The van der Waals surface area contributed by atoms with Crippen molar-refractivity contribution >= 4 is 6.09 Å². The summed E-state index contributed by atoms with van der Waals surface area (Å²) in [5.41, 5.74) is 5.38. The van der Waals surface area contributed by atoms with E-state index in [-0.39, 0.29) is 12.1 Å². The monoisotopic (exact) mass is 285 g/mol. The maximum Gasteiger partial charge on any atom is 0.407 e. The standard InChI is InChI=1S/C14H27N3O3/c1-14(2,3)20-13(18)16-7-10(6-15)17-8-11-4-5-12(9-17)19-11/h10-12H,4-9,15H2,1-3H3,(H,16,18). The Morgan fingerprint density at radius 2 is 2.00 bits per heavy atom. The summed E-state index contributed by atoms with van der Waals surface area (Å²) >= 11 is 0. The van der Waals surface area contributed by atoms with E-state index in [1.54, 1.807) is 0 Å². The molecule has 116 valence electrons. The minimum Gasteiger partial charge on any atom is -0.444 e. The van der Waals surface area contributed by atoms with E-state index < -0.39 is 5.60 Å². The summed E-state index contributed by atoms with van der Waals surface area (Å²) in [5.74, 6) is 0. The molecule has 20 heavy (non-hydrogen) atoms. The summed E-state index contributed by atoms with van der Waals surface area (Å²) in [6, 6.07) is 0.148. The average Bonchev–Trinajstić information content (AvgIpc) is 2.67. The molecule has 2 saturated heterocycles. The number of rotatable bonds is 4. The van der Waals surface area contributed by atoms with Gasteiger partial charge in [0.25, 0.3) is 0 Å². The Morgan fingerprint density at radius 3 is 2.50 bits per heavy atom. The van der Waals surface area contributed by atoms with Crippen LogP contribution in [0.15, 0.2) is 0 Å². The Labute approximate surface area is 121 Å². The number of nitrogens with two attached hydrogens (primary N) is 1. The number of ether oxygens (including phenoxy) is 2. The van der Waals surface area contributed by atoms with Gasteiger partial charge >= 0.3 is 6.09 Å². The number of nitrogens with zero attached hydrogens (tertiary/aromatic N) is 1. The van der Waals surface area contributed by atoms with Crippen molar-refractivity contribution in [3.8, 4) is 0 Å². The second kappa shape index (κ2) is 6.28. The molecule has 0 aromatic heterocycles. The molecule has 0 radical (unpaired) electrons. The Hall–Kier alpha value is -0.850. The Bertz CT molecular complexity index is 331. The first-order chi connectivity index (χ1) is 9.37. The van der Waals surface area contributed by atoms with Crippen LogP contribution in [-0.4, -0.2) is 61.0 Å². The molecule has 0 aliphatic carbocycles. The minimum atomic E-state index is -0.472.